The van der Waals surface area contributed by atoms with E-state index in [4.69, 9.17) is 0 Å². The highest BCUT2D eigenvalue weighted by molar-refractivity contribution is 6.11. The molecular weight excluding hydrogens is 316 g/mol. The second kappa shape index (κ2) is 6.16. The molecule has 0 bridgehead atoms. The van der Waals surface area contributed by atoms with Crippen LogP contribution in [-0.2, 0) is 15.0 Å². The molecule has 5 heteroatoms. The van der Waals surface area contributed by atoms with Crippen molar-refractivity contribution >= 4 is 29.0 Å². The Bertz CT molecular complexity index is 871. The lowest BCUT2D eigenvalue weighted by atomic mass is 9.86. The zero-order valence-electron chi connectivity index (χ0n) is 14.5. The number of hydrogen-bond donors (Lipinski definition) is 1. The number of anilines is 2. The fourth-order valence-corrected chi connectivity index (χ4v) is 3.12. The normalized spacial score (nSPS) is 15.0. The van der Waals surface area contributed by atoms with Crippen LogP contribution in [0.25, 0.3) is 0 Å². The van der Waals surface area contributed by atoms with Gasteiger partial charge in [0.05, 0.1) is 5.41 Å². The third-order valence-electron chi connectivity index (χ3n) is 4.50. The second-order valence-corrected chi connectivity index (χ2v) is 6.72. The first-order valence-electron chi connectivity index (χ1n) is 8.13. The number of fused-ring (bicyclic) bond motifs is 1. The molecule has 0 unspecified atom stereocenters. The molecule has 0 fully saturated rings. The molecule has 2 aromatic carbocycles. The van der Waals surface area contributed by atoms with E-state index in [1.807, 2.05) is 38.1 Å². The van der Waals surface area contributed by atoms with Gasteiger partial charge in [-0.1, -0.05) is 30.3 Å². The van der Waals surface area contributed by atoms with Gasteiger partial charge in [0.1, 0.15) is 6.54 Å². The second-order valence-electron chi connectivity index (χ2n) is 6.72. The Morgan fingerprint density at radius 1 is 1.08 bits per heavy atom. The van der Waals surface area contributed by atoms with Crippen LogP contribution in [0.4, 0.5) is 11.4 Å². The predicted octanol–water partition coefficient (Wildman–Crippen LogP) is 3.15. The molecule has 128 valence electrons. The minimum absolute atomic E-state index is 0.0659. The summed E-state index contributed by atoms with van der Waals surface area (Å²) in [6.45, 7) is 5.14. The smallest absolute Gasteiger partial charge is 0.244 e. The van der Waals surface area contributed by atoms with Gasteiger partial charge in [-0.05, 0) is 44.5 Å². The third kappa shape index (κ3) is 3.05. The molecule has 0 saturated heterocycles. The quantitative estimate of drug-likeness (QED) is 0.872. The Kier molecular flexibility index (Phi) is 4.17. The van der Waals surface area contributed by atoms with Crippen LogP contribution in [0.2, 0.25) is 0 Å². The average Bonchev–Trinajstić information content (AvgIpc) is 2.76. The first kappa shape index (κ1) is 16.9. The summed E-state index contributed by atoms with van der Waals surface area (Å²) in [5.74, 6) is -0.468. The number of nitrogens with zero attached hydrogens (tertiary/aromatic N) is 1. The summed E-state index contributed by atoms with van der Waals surface area (Å²) in [7, 11) is 0. The summed E-state index contributed by atoms with van der Waals surface area (Å²) in [6.07, 6.45) is 0. The van der Waals surface area contributed by atoms with E-state index in [1.54, 1.807) is 24.3 Å². The van der Waals surface area contributed by atoms with Gasteiger partial charge in [0, 0.05) is 16.9 Å². The number of para-hydroxylation sites is 1. The molecule has 3 rings (SSSR count). The van der Waals surface area contributed by atoms with Crippen LogP contribution in [0.5, 0.6) is 0 Å². The summed E-state index contributed by atoms with van der Waals surface area (Å²) < 4.78 is 0. The number of rotatable bonds is 4. The van der Waals surface area contributed by atoms with Gasteiger partial charge in [-0.2, -0.15) is 0 Å². The topological polar surface area (TPSA) is 66.5 Å². The Morgan fingerprint density at radius 2 is 1.80 bits per heavy atom. The van der Waals surface area contributed by atoms with Gasteiger partial charge >= 0.3 is 0 Å². The van der Waals surface area contributed by atoms with Gasteiger partial charge in [0.15, 0.2) is 5.78 Å². The molecule has 0 aromatic heterocycles. The molecule has 2 amide bonds. The molecule has 0 aliphatic carbocycles. The SMILES string of the molecule is CC(=O)c1cccc(NC(=O)CN2C(=O)C(C)(C)c3ccccc32)c1. The molecule has 5 nitrogen and oxygen atoms in total. The van der Waals surface area contributed by atoms with E-state index in [-0.39, 0.29) is 24.1 Å². The Labute approximate surface area is 146 Å². The lowest BCUT2D eigenvalue weighted by molar-refractivity contribution is -0.124. The highest BCUT2D eigenvalue weighted by atomic mass is 16.2. The van der Waals surface area contributed by atoms with Crippen molar-refractivity contribution in [2.45, 2.75) is 26.2 Å². The van der Waals surface area contributed by atoms with E-state index in [9.17, 15) is 14.4 Å². The highest BCUT2D eigenvalue weighted by Crippen LogP contribution is 2.41. The molecule has 1 heterocycles. The van der Waals surface area contributed by atoms with Crippen molar-refractivity contribution in [1.82, 2.24) is 0 Å². The fourth-order valence-electron chi connectivity index (χ4n) is 3.12. The molecule has 1 aliphatic rings. The number of nitrogens with one attached hydrogen (secondary N) is 1. The van der Waals surface area contributed by atoms with Crippen LogP contribution < -0.4 is 10.2 Å². The van der Waals surface area contributed by atoms with Crippen LogP contribution >= 0.6 is 0 Å². The van der Waals surface area contributed by atoms with Gasteiger partial charge in [-0.15, -0.1) is 0 Å². The van der Waals surface area contributed by atoms with Crippen molar-refractivity contribution in [3.8, 4) is 0 Å². The highest BCUT2D eigenvalue weighted by Gasteiger charge is 2.44. The van der Waals surface area contributed by atoms with Crippen LogP contribution in [0.15, 0.2) is 48.5 Å². The minimum Gasteiger partial charge on any atom is -0.325 e. The molecule has 1 aliphatic heterocycles. The summed E-state index contributed by atoms with van der Waals surface area (Å²) in [6, 6.07) is 14.3. The first-order chi connectivity index (χ1) is 11.8. The number of Topliss-reactive ketones (excluding diaryl/α,β-unsaturated/α-hetero) is 1. The maximum atomic E-state index is 12.7. The van der Waals surface area contributed by atoms with Crippen molar-refractivity contribution in [3.05, 3.63) is 59.7 Å². The molecule has 1 N–H and O–H groups in total. The van der Waals surface area contributed by atoms with E-state index >= 15 is 0 Å². The van der Waals surface area contributed by atoms with Crippen LogP contribution in [0.1, 0.15) is 36.7 Å². The standard InChI is InChI=1S/C20H20N2O3/c1-13(23)14-7-6-8-15(11-14)21-18(24)12-22-17-10-5-4-9-16(17)20(2,3)19(22)25/h4-11H,12H2,1-3H3,(H,21,24). The van der Waals surface area contributed by atoms with Crippen molar-refractivity contribution in [1.29, 1.82) is 0 Å². The summed E-state index contributed by atoms with van der Waals surface area (Å²) in [4.78, 5) is 38.1. The van der Waals surface area contributed by atoms with E-state index < -0.39 is 5.41 Å². The molecule has 0 atom stereocenters. The number of carbonyl (C=O) groups is 3. The zero-order valence-corrected chi connectivity index (χ0v) is 14.5. The van der Waals surface area contributed by atoms with Gasteiger partial charge in [-0.3, -0.25) is 14.4 Å². The Hall–Kier alpha value is -2.95. The number of benzene rings is 2. The third-order valence-corrected chi connectivity index (χ3v) is 4.50. The van der Waals surface area contributed by atoms with E-state index in [0.717, 1.165) is 11.3 Å². The largest absolute Gasteiger partial charge is 0.325 e. The van der Waals surface area contributed by atoms with E-state index in [2.05, 4.69) is 5.32 Å². The first-order valence-corrected chi connectivity index (χ1v) is 8.13. The monoisotopic (exact) mass is 336 g/mol. The fraction of sp³-hybridized carbons (Fsp3) is 0.250. The van der Waals surface area contributed by atoms with Crippen LogP contribution in [0, 0.1) is 0 Å². The molecule has 25 heavy (non-hydrogen) atoms. The van der Waals surface area contributed by atoms with Gasteiger partial charge < -0.3 is 10.2 Å². The van der Waals surface area contributed by atoms with E-state index in [0.29, 0.717) is 11.3 Å². The lowest BCUT2D eigenvalue weighted by Gasteiger charge is -2.20. The van der Waals surface area contributed by atoms with Crippen molar-refractivity contribution in [3.63, 3.8) is 0 Å². The molecular formula is C20H20N2O3. The van der Waals surface area contributed by atoms with Crippen molar-refractivity contribution in [2.24, 2.45) is 0 Å². The zero-order chi connectivity index (χ0) is 18.2. The Balaban J connectivity index is 1.79. The number of ketones is 1. The van der Waals surface area contributed by atoms with Crippen molar-refractivity contribution < 1.29 is 14.4 Å². The van der Waals surface area contributed by atoms with Gasteiger partial charge in [0.25, 0.3) is 0 Å². The molecule has 2 aromatic rings. The summed E-state index contributed by atoms with van der Waals surface area (Å²) >= 11 is 0. The van der Waals surface area contributed by atoms with Crippen molar-refractivity contribution in [2.75, 3.05) is 16.8 Å². The average molecular weight is 336 g/mol. The summed E-state index contributed by atoms with van der Waals surface area (Å²) in [5.41, 5.74) is 2.11. The number of hydrogen-bond acceptors (Lipinski definition) is 3. The lowest BCUT2D eigenvalue weighted by Crippen LogP contribution is -2.40. The minimum atomic E-state index is -0.647. The number of amides is 2. The summed E-state index contributed by atoms with van der Waals surface area (Å²) in [5, 5.41) is 2.76. The Morgan fingerprint density at radius 3 is 2.52 bits per heavy atom. The van der Waals surface area contributed by atoms with Gasteiger partial charge in [-0.25, -0.2) is 0 Å². The molecule has 0 radical (unpaired) electrons. The molecule has 0 spiro atoms. The van der Waals surface area contributed by atoms with Crippen LogP contribution in [-0.4, -0.2) is 24.1 Å². The maximum Gasteiger partial charge on any atom is 0.244 e. The number of carbonyl (C=O) groups excluding carboxylic acids is 3. The maximum absolute atomic E-state index is 12.7. The van der Waals surface area contributed by atoms with Gasteiger partial charge in [0.2, 0.25) is 11.8 Å². The predicted molar refractivity (Wildman–Crippen MR) is 96.9 cm³/mol. The van der Waals surface area contributed by atoms with E-state index in [1.165, 1.54) is 11.8 Å². The molecule has 0 saturated carbocycles. The van der Waals surface area contributed by atoms with Crippen LogP contribution in [0.3, 0.4) is 0 Å².